The fourth-order valence-electron chi connectivity index (χ4n) is 2.03. The Morgan fingerprint density at radius 2 is 2.07 bits per heavy atom. The second kappa shape index (κ2) is 4.07. The van der Waals surface area contributed by atoms with Gasteiger partial charge >= 0.3 is 0 Å². The summed E-state index contributed by atoms with van der Waals surface area (Å²) in [7, 11) is 0. The highest BCUT2D eigenvalue weighted by Crippen LogP contribution is 2.24. The Labute approximate surface area is 90.5 Å². The molecule has 1 aromatic heterocycles. The lowest BCUT2D eigenvalue weighted by atomic mass is 9.99. The molecule has 0 bridgehead atoms. The molecule has 1 heterocycles. The van der Waals surface area contributed by atoms with Gasteiger partial charge in [0.2, 0.25) is 0 Å². The maximum Gasteiger partial charge on any atom is 0.0458 e. The lowest BCUT2D eigenvalue weighted by Gasteiger charge is -2.08. The molecule has 2 heteroatoms. The zero-order valence-corrected chi connectivity index (χ0v) is 9.38. The Morgan fingerprint density at radius 3 is 2.80 bits per heavy atom. The summed E-state index contributed by atoms with van der Waals surface area (Å²) in [6, 6.07) is 8.46. The van der Waals surface area contributed by atoms with Crippen LogP contribution in [-0.2, 0) is 6.42 Å². The van der Waals surface area contributed by atoms with Crippen molar-refractivity contribution < 1.29 is 0 Å². The molecule has 0 spiro atoms. The van der Waals surface area contributed by atoms with Gasteiger partial charge in [0.15, 0.2) is 0 Å². The number of aromatic amines is 1. The van der Waals surface area contributed by atoms with Crippen LogP contribution < -0.4 is 5.73 Å². The predicted molar refractivity (Wildman–Crippen MR) is 65.0 cm³/mol. The lowest BCUT2D eigenvalue weighted by molar-refractivity contribution is 0.593. The maximum absolute atomic E-state index is 5.67. The van der Waals surface area contributed by atoms with E-state index in [9.17, 15) is 0 Å². The summed E-state index contributed by atoms with van der Waals surface area (Å²) in [5.41, 5.74) is 9.60. The van der Waals surface area contributed by atoms with Crippen LogP contribution in [0.2, 0.25) is 0 Å². The van der Waals surface area contributed by atoms with Crippen LogP contribution in [-0.4, -0.2) is 11.5 Å². The first kappa shape index (κ1) is 10.2. The van der Waals surface area contributed by atoms with Crippen molar-refractivity contribution >= 4 is 10.9 Å². The highest BCUT2D eigenvalue weighted by molar-refractivity contribution is 5.84. The topological polar surface area (TPSA) is 41.8 Å². The first-order valence-corrected chi connectivity index (χ1v) is 5.48. The van der Waals surface area contributed by atoms with Gasteiger partial charge in [-0.25, -0.2) is 0 Å². The Hall–Kier alpha value is -1.28. The van der Waals surface area contributed by atoms with E-state index in [1.807, 2.05) is 0 Å². The molecule has 0 fully saturated rings. The van der Waals surface area contributed by atoms with E-state index in [2.05, 4.69) is 43.1 Å². The molecule has 1 unspecified atom stereocenters. The molecule has 1 aromatic carbocycles. The van der Waals surface area contributed by atoms with Gasteiger partial charge in [0.1, 0.15) is 0 Å². The Balaban J connectivity index is 2.45. The number of aromatic nitrogens is 1. The molecule has 0 aliphatic carbocycles. The first-order chi connectivity index (χ1) is 7.22. The van der Waals surface area contributed by atoms with Gasteiger partial charge in [0, 0.05) is 16.6 Å². The zero-order valence-electron chi connectivity index (χ0n) is 9.38. The van der Waals surface area contributed by atoms with Gasteiger partial charge in [-0.05, 0) is 37.4 Å². The molecule has 0 aliphatic rings. The highest BCUT2D eigenvalue weighted by atomic mass is 14.7. The van der Waals surface area contributed by atoms with Gasteiger partial charge in [-0.1, -0.05) is 25.1 Å². The minimum atomic E-state index is 0.544. The van der Waals surface area contributed by atoms with Gasteiger partial charge in [-0.2, -0.15) is 0 Å². The smallest absolute Gasteiger partial charge is 0.0458 e. The summed E-state index contributed by atoms with van der Waals surface area (Å²) >= 11 is 0. The van der Waals surface area contributed by atoms with Crippen LogP contribution >= 0.6 is 0 Å². The molecule has 15 heavy (non-hydrogen) atoms. The molecular formula is C13H18N2. The highest BCUT2D eigenvalue weighted by Gasteiger charge is 2.10. The van der Waals surface area contributed by atoms with Gasteiger partial charge in [0.05, 0.1) is 0 Å². The second-order valence-corrected chi connectivity index (χ2v) is 4.32. The van der Waals surface area contributed by atoms with E-state index in [0.717, 1.165) is 13.0 Å². The van der Waals surface area contributed by atoms with Gasteiger partial charge in [-0.15, -0.1) is 0 Å². The van der Waals surface area contributed by atoms with Crippen LogP contribution in [0.4, 0.5) is 0 Å². The number of benzene rings is 1. The van der Waals surface area contributed by atoms with Crippen LogP contribution in [0.15, 0.2) is 24.3 Å². The quantitative estimate of drug-likeness (QED) is 0.789. The van der Waals surface area contributed by atoms with E-state index in [4.69, 9.17) is 5.73 Å². The van der Waals surface area contributed by atoms with E-state index in [1.54, 1.807) is 0 Å². The Bertz CT molecular complexity index is 457. The van der Waals surface area contributed by atoms with Crippen LogP contribution in [0, 0.1) is 12.8 Å². The largest absolute Gasteiger partial charge is 0.358 e. The normalized spacial score (nSPS) is 13.3. The van der Waals surface area contributed by atoms with Crippen molar-refractivity contribution in [2.45, 2.75) is 20.3 Å². The average Bonchev–Trinajstić information content (AvgIpc) is 2.55. The van der Waals surface area contributed by atoms with Crippen molar-refractivity contribution in [3.05, 3.63) is 35.5 Å². The third-order valence-corrected chi connectivity index (χ3v) is 2.98. The number of H-pyrrole nitrogens is 1. The predicted octanol–water partition coefficient (Wildman–Crippen LogP) is 2.61. The summed E-state index contributed by atoms with van der Waals surface area (Å²) < 4.78 is 0. The SMILES string of the molecule is Cc1[nH]c2ccccc2c1CC(C)CN. The Kier molecular flexibility index (Phi) is 2.78. The maximum atomic E-state index is 5.67. The van der Waals surface area contributed by atoms with Crippen molar-refractivity contribution in [3.63, 3.8) is 0 Å². The molecule has 0 amide bonds. The summed E-state index contributed by atoms with van der Waals surface area (Å²) in [5, 5.41) is 1.34. The standard InChI is InChI=1S/C13H18N2/c1-9(8-14)7-12-10(2)15-13-6-4-3-5-11(12)13/h3-6,9,15H,7-8,14H2,1-2H3. The molecular weight excluding hydrogens is 184 g/mol. The third-order valence-electron chi connectivity index (χ3n) is 2.98. The molecule has 2 nitrogen and oxygen atoms in total. The van der Waals surface area contributed by atoms with Crippen LogP contribution in [0.25, 0.3) is 10.9 Å². The van der Waals surface area contributed by atoms with Crippen molar-refractivity contribution in [1.82, 2.24) is 4.98 Å². The van der Waals surface area contributed by atoms with Crippen molar-refractivity contribution in [2.75, 3.05) is 6.54 Å². The molecule has 2 rings (SSSR count). The van der Waals surface area contributed by atoms with Crippen LogP contribution in [0.3, 0.4) is 0 Å². The first-order valence-electron chi connectivity index (χ1n) is 5.48. The lowest BCUT2D eigenvalue weighted by Crippen LogP contribution is -2.13. The number of para-hydroxylation sites is 1. The fourth-order valence-corrected chi connectivity index (χ4v) is 2.03. The molecule has 2 aromatic rings. The van der Waals surface area contributed by atoms with Crippen molar-refractivity contribution in [2.24, 2.45) is 11.7 Å². The number of nitrogens with one attached hydrogen (secondary N) is 1. The van der Waals surface area contributed by atoms with Gasteiger partial charge in [0.25, 0.3) is 0 Å². The second-order valence-electron chi connectivity index (χ2n) is 4.32. The summed E-state index contributed by atoms with van der Waals surface area (Å²) in [6.45, 7) is 5.08. The Morgan fingerprint density at radius 1 is 1.33 bits per heavy atom. The molecule has 0 saturated heterocycles. The minimum absolute atomic E-state index is 0.544. The van der Waals surface area contributed by atoms with Crippen molar-refractivity contribution in [1.29, 1.82) is 0 Å². The number of hydrogen-bond donors (Lipinski definition) is 2. The fraction of sp³-hybridized carbons (Fsp3) is 0.385. The number of hydrogen-bond acceptors (Lipinski definition) is 1. The van der Waals surface area contributed by atoms with E-state index < -0.39 is 0 Å². The third kappa shape index (κ3) is 1.90. The monoisotopic (exact) mass is 202 g/mol. The van der Waals surface area contributed by atoms with E-state index in [0.29, 0.717) is 5.92 Å². The number of fused-ring (bicyclic) bond motifs is 1. The number of nitrogens with two attached hydrogens (primary N) is 1. The number of rotatable bonds is 3. The van der Waals surface area contributed by atoms with E-state index >= 15 is 0 Å². The summed E-state index contributed by atoms with van der Waals surface area (Å²) in [4.78, 5) is 3.42. The molecule has 0 radical (unpaired) electrons. The average molecular weight is 202 g/mol. The van der Waals surface area contributed by atoms with Gasteiger partial charge in [-0.3, -0.25) is 0 Å². The van der Waals surface area contributed by atoms with Crippen molar-refractivity contribution in [3.8, 4) is 0 Å². The molecule has 80 valence electrons. The molecule has 3 N–H and O–H groups in total. The van der Waals surface area contributed by atoms with Crippen LogP contribution in [0.5, 0.6) is 0 Å². The summed E-state index contributed by atoms with van der Waals surface area (Å²) in [6.07, 6.45) is 1.06. The molecule has 0 saturated carbocycles. The number of aryl methyl sites for hydroxylation is 1. The molecule has 0 aliphatic heterocycles. The summed E-state index contributed by atoms with van der Waals surface area (Å²) in [5.74, 6) is 0.544. The van der Waals surface area contributed by atoms with Gasteiger partial charge < -0.3 is 10.7 Å². The molecule has 1 atom stereocenters. The van der Waals surface area contributed by atoms with E-state index in [-0.39, 0.29) is 0 Å². The van der Waals surface area contributed by atoms with Crippen LogP contribution in [0.1, 0.15) is 18.2 Å². The van der Waals surface area contributed by atoms with E-state index in [1.165, 1.54) is 22.2 Å². The minimum Gasteiger partial charge on any atom is -0.358 e. The zero-order chi connectivity index (χ0) is 10.8.